The highest BCUT2D eigenvalue weighted by atomic mass is 31.2. The van der Waals surface area contributed by atoms with Crippen molar-refractivity contribution < 1.29 is 32.9 Å². The Kier molecular flexibility index (Phi) is 67.4. The van der Waals surface area contributed by atoms with E-state index in [1.165, 1.54) is 167 Å². The number of amides is 1. The number of carbonyl (C=O) groups excluding carboxylic acids is 1. The summed E-state index contributed by atoms with van der Waals surface area (Å²) < 4.78 is 23.4. The Morgan fingerprint density at radius 2 is 0.681 bits per heavy atom. The van der Waals surface area contributed by atoms with Crippen LogP contribution in [0.15, 0.2) is 158 Å². The number of nitrogens with one attached hydrogen (secondary N) is 1. The Bertz CT molecular complexity index is 2050. The Morgan fingerprint density at radius 1 is 0.396 bits per heavy atom. The van der Waals surface area contributed by atoms with Crippen LogP contribution in [0, 0.1) is 0 Å². The summed E-state index contributed by atoms with van der Waals surface area (Å²) in [5, 5.41) is 13.9. The molecule has 2 N–H and O–H groups in total. The van der Waals surface area contributed by atoms with Crippen LogP contribution in [0.3, 0.4) is 0 Å². The van der Waals surface area contributed by atoms with E-state index >= 15 is 0 Å². The highest BCUT2D eigenvalue weighted by molar-refractivity contribution is 7.45. The average molecular weight is 1280 g/mol. The van der Waals surface area contributed by atoms with Crippen LogP contribution < -0.4 is 10.2 Å². The van der Waals surface area contributed by atoms with Crippen LogP contribution in [0.4, 0.5) is 0 Å². The number of phosphoric ester groups is 1. The fourth-order valence-electron chi connectivity index (χ4n) is 10.2. The molecular formula is C82H141N2O6P. The van der Waals surface area contributed by atoms with E-state index in [1.807, 2.05) is 27.2 Å². The van der Waals surface area contributed by atoms with E-state index in [1.54, 1.807) is 6.08 Å². The number of aliphatic hydroxyl groups is 1. The molecule has 9 heteroatoms. The van der Waals surface area contributed by atoms with Gasteiger partial charge in [-0.1, -0.05) is 339 Å². The number of hydrogen-bond acceptors (Lipinski definition) is 6. The number of likely N-dealkylation sites (N-methyl/N-ethyl adjacent to an activating group) is 1. The minimum absolute atomic E-state index is 0.0215. The molecule has 0 rings (SSSR count). The van der Waals surface area contributed by atoms with Gasteiger partial charge in [-0.3, -0.25) is 9.36 Å². The summed E-state index contributed by atoms with van der Waals surface area (Å²) >= 11 is 0. The summed E-state index contributed by atoms with van der Waals surface area (Å²) in [6.07, 6.45) is 110. The summed E-state index contributed by atoms with van der Waals surface area (Å²) in [5.74, 6) is -0.243. The van der Waals surface area contributed by atoms with Gasteiger partial charge >= 0.3 is 0 Å². The maximum Gasteiger partial charge on any atom is 0.268 e. The molecule has 0 aliphatic carbocycles. The van der Waals surface area contributed by atoms with Gasteiger partial charge in [-0.15, -0.1) is 0 Å². The molecule has 0 saturated carbocycles. The number of phosphoric acid groups is 1. The molecule has 0 aromatic heterocycles. The summed E-state index contributed by atoms with van der Waals surface area (Å²) in [7, 11) is 1.20. The van der Waals surface area contributed by atoms with Gasteiger partial charge in [0, 0.05) is 6.42 Å². The molecule has 91 heavy (non-hydrogen) atoms. The fraction of sp³-hybridized carbons (Fsp3) is 0.671. The number of hydrogen-bond donors (Lipinski definition) is 2. The second-order valence-electron chi connectivity index (χ2n) is 25.9. The van der Waals surface area contributed by atoms with E-state index in [-0.39, 0.29) is 18.9 Å². The second kappa shape index (κ2) is 70.4. The fourth-order valence-corrected chi connectivity index (χ4v) is 11.0. The van der Waals surface area contributed by atoms with Gasteiger partial charge in [0.15, 0.2) is 0 Å². The van der Waals surface area contributed by atoms with E-state index in [2.05, 4.69) is 165 Å². The molecule has 0 aromatic rings. The molecule has 520 valence electrons. The van der Waals surface area contributed by atoms with Crippen molar-refractivity contribution in [3.05, 3.63) is 158 Å². The molecule has 0 spiro atoms. The van der Waals surface area contributed by atoms with Crippen LogP contribution in [0.25, 0.3) is 0 Å². The van der Waals surface area contributed by atoms with Crippen molar-refractivity contribution in [3.63, 3.8) is 0 Å². The third kappa shape index (κ3) is 73.4. The minimum atomic E-state index is -4.64. The quantitative estimate of drug-likeness (QED) is 0.0272. The van der Waals surface area contributed by atoms with Crippen molar-refractivity contribution in [3.8, 4) is 0 Å². The maximum atomic E-state index is 13.0. The molecule has 0 aliphatic heterocycles. The van der Waals surface area contributed by atoms with E-state index < -0.39 is 26.6 Å². The molecular weight excluding hydrogens is 1140 g/mol. The first-order chi connectivity index (χ1) is 44.5. The molecule has 0 heterocycles. The van der Waals surface area contributed by atoms with Crippen molar-refractivity contribution in [2.75, 3.05) is 40.9 Å². The molecule has 1 amide bonds. The van der Waals surface area contributed by atoms with Crippen molar-refractivity contribution in [2.45, 2.75) is 315 Å². The van der Waals surface area contributed by atoms with Crippen LogP contribution in [-0.2, 0) is 18.4 Å². The van der Waals surface area contributed by atoms with Crippen molar-refractivity contribution in [1.29, 1.82) is 0 Å². The van der Waals surface area contributed by atoms with E-state index in [4.69, 9.17) is 9.05 Å². The lowest BCUT2D eigenvalue weighted by molar-refractivity contribution is -0.870. The average Bonchev–Trinajstić information content (AvgIpc) is 3.42. The largest absolute Gasteiger partial charge is 0.756 e. The molecule has 3 atom stereocenters. The SMILES string of the molecule is CC/C=C\C/C=C\C/C=C\C/C=C\C/C=C\C/C=C\C/C=C\C/C=C\C/C=C\C/C=C\C/C=C\CCCCCC(=O)NC(COP(=O)([O-])OCC[N+](C)(C)C)C(O)/C=C/CC/C=C/CCCCCCCCCCCCCCCCCCCCCCCCCCCC. The van der Waals surface area contributed by atoms with E-state index in [0.717, 1.165) is 109 Å². The zero-order valence-corrected chi connectivity index (χ0v) is 60.4. The van der Waals surface area contributed by atoms with Crippen LogP contribution >= 0.6 is 7.82 Å². The Balaban J connectivity index is 4.21. The zero-order chi connectivity index (χ0) is 66.2. The van der Waals surface area contributed by atoms with Gasteiger partial charge in [-0.2, -0.15) is 0 Å². The topological polar surface area (TPSA) is 108 Å². The van der Waals surface area contributed by atoms with Crippen LogP contribution in [0.5, 0.6) is 0 Å². The van der Waals surface area contributed by atoms with Crippen LogP contribution in [0.1, 0.15) is 303 Å². The number of unbranched alkanes of at least 4 members (excludes halogenated alkanes) is 30. The Morgan fingerprint density at radius 3 is 1.02 bits per heavy atom. The Labute approximate surface area is 562 Å². The number of carbonyl (C=O) groups is 1. The number of allylic oxidation sites excluding steroid dienone is 25. The number of rotatable bonds is 67. The molecule has 0 fully saturated rings. The molecule has 0 aliphatic rings. The van der Waals surface area contributed by atoms with E-state index in [9.17, 15) is 19.4 Å². The van der Waals surface area contributed by atoms with E-state index in [0.29, 0.717) is 17.4 Å². The first-order valence-electron chi connectivity index (χ1n) is 37.3. The third-order valence-corrected chi connectivity index (χ3v) is 16.9. The van der Waals surface area contributed by atoms with Gasteiger partial charge < -0.3 is 28.8 Å². The highest BCUT2D eigenvalue weighted by Crippen LogP contribution is 2.38. The summed E-state index contributed by atoms with van der Waals surface area (Å²) in [6.45, 7) is 4.50. The molecule has 8 nitrogen and oxygen atoms in total. The summed E-state index contributed by atoms with van der Waals surface area (Å²) in [5.41, 5.74) is 0. The lowest BCUT2D eigenvalue weighted by atomic mass is 10.0. The highest BCUT2D eigenvalue weighted by Gasteiger charge is 2.23. The second-order valence-corrected chi connectivity index (χ2v) is 27.3. The molecule has 0 aromatic carbocycles. The molecule has 0 saturated heterocycles. The van der Waals surface area contributed by atoms with Crippen LogP contribution in [0.2, 0.25) is 0 Å². The zero-order valence-electron chi connectivity index (χ0n) is 59.5. The van der Waals surface area contributed by atoms with Crippen molar-refractivity contribution in [1.82, 2.24) is 5.32 Å². The molecule has 0 bridgehead atoms. The predicted molar refractivity (Wildman–Crippen MR) is 398 cm³/mol. The smallest absolute Gasteiger partial charge is 0.268 e. The molecule has 0 radical (unpaired) electrons. The summed E-state index contributed by atoms with van der Waals surface area (Å²) in [6, 6.07) is -0.936. The standard InChI is InChI=1S/C82H141N2O6P/c1-6-8-10-12-14-16-18-20-22-24-26-28-30-32-34-36-38-40-41-42-43-44-46-48-50-52-54-56-58-60-62-64-66-68-70-72-74-76-82(86)83-80(79-90-91(87,88)89-78-77-84(3,4)5)81(85)75-73-71-69-67-65-63-61-59-57-55-53-51-49-47-45-39-37-35-33-31-29-27-25-23-21-19-17-15-13-11-9-7-2/h8,10,14,16,20,22,26,28,32,34,38,40,42-43,46,48,52,54,58,60,64-67,73,75,80-81,85H,6-7,9,11-13,15,17-19,21,23-25,27,29-31,33,35-37,39,41,44-45,47,49-51,53,55-57,59,61-63,68-72,74,76-79H2,1-5H3,(H-,83,86,87,88)/b10-8-,16-14-,22-20-,28-26-,34-32-,40-38-,43-42-,48-46-,54-52-,60-58-,66-64-,67-65+,75-73+. The first-order valence-corrected chi connectivity index (χ1v) is 38.8. The Hall–Kier alpha value is -3.88. The van der Waals surface area contributed by atoms with Gasteiger partial charge in [0.1, 0.15) is 13.2 Å². The van der Waals surface area contributed by atoms with Crippen molar-refractivity contribution in [2.24, 2.45) is 0 Å². The van der Waals surface area contributed by atoms with Gasteiger partial charge in [0.2, 0.25) is 5.91 Å². The first kappa shape index (κ1) is 87.1. The molecule has 3 unspecified atom stereocenters. The van der Waals surface area contributed by atoms with Gasteiger partial charge in [-0.05, 0) is 116 Å². The van der Waals surface area contributed by atoms with Crippen LogP contribution in [-0.4, -0.2) is 68.5 Å². The van der Waals surface area contributed by atoms with Gasteiger partial charge in [0.05, 0.1) is 39.9 Å². The monoisotopic (exact) mass is 1280 g/mol. The lowest BCUT2D eigenvalue weighted by Crippen LogP contribution is -2.45. The number of quaternary nitrogens is 1. The normalized spacial score (nSPS) is 14.5. The summed E-state index contributed by atoms with van der Waals surface area (Å²) in [4.78, 5) is 25.6. The number of aliphatic hydroxyl groups excluding tert-OH is 1. The lowest BCUT2D eigenvalue weighted by Gasteiger charge is -2.29. The third-order valence-electron chi connectivity index (χ3n) is 16.0. The van der Waals surface area contributed by atoms with Gasteiger partial charge in [-0.25, -0.2) is 0 Å². The maximum absolute atomic E-state index is 13.0. The predicted octanol–water partition coefficient (Wildman–Crippen LogP) is 23.9. The minimum Gasteiger partial charge on any atom is -0.756 e. The number of nitrogens with zero attached hydrogens (tertiary/aromatic N) is 1. The van der Waals surface area contributed by atoms with Crippen molar-refractivity contribution >= 4 is 13.7 Å². The van der Waals surface area contributed by atoms with Gasteiger partial charge in [0.25, 0.3) is 7.82 Å².